The van der Waals surface area contributed by atoms with Crippen molar-refractivity contribution in [1.82, 2.24) is 10.4 Å². The molecule has 0 aromatic rings. The lowest BCUT2D eigenvalue weighted by atomic mass is 10.5. The van der Waals surface area contributed by atoms with Crippen molar-refractivity contribution in [3.8, 4) is 0 Å². The Balaban J connectivity index is 3.97. The molecule has 0 fully saturated rings. The third kappa shape index (κ3) is 3.40. The topological polar surface area (TPSA) is 49.4 Å². The maximum Gasteiger partial charge on any atom is 0.261 e. The van der Waals surface area contributed by atoms with Crippen molar-refractivity contribution in [3.05, 3.63) is 12.7 Å². The summed E-state index contributed by atoms with van der Waals surface area (Å²) in [6.45, 7) is 6.86. The van der Waals surface area contributed by atoms with Gasteiger partial charge in [0.25, 0.3) is 5.91 Å². The van der Waals surface area contributed by atoms with Crippen LogP contribution < -0.4 is 5.43 Å². The second kappa shape index (κ2) is 4.49. The Labute approximate surface area is 65.8 Å². The van der Waals surface area contributed by atoms with Crippen molar-refractivity contribution in [3.63, 3.8) is 0 Å². The fourth-order valence-corrected chi connectivity index (χ4v) is 0.559. The Hall–Kier alpha value is -1.32. The molecule has 0 unspecified atom stereocenters. The lowest BCUT2D eigenvalue weighted by Gasteiger charge is -2.18. The quantitative estimate of drug-likeness (QED) is 0.454. The van der Waals surface area contributed by atoms with E-state index in [-0.39, 0.29) is 11.8 Å². The van der Waals surface area contributed by atoms with E-state index in [1.54, 1.807) is 6.92 Å². The van der Waals surface area contributed by atoms with Crippen LogP contribution in [-0.2, 0) is 9.59 Å². The highest BCUT2D eigenvalue weighted by molar-refractivity contribution is 5.88. The molecule has 0 heterocycles. The first-order valence-corrected chi connectivity index (χ1v) is 3.33. The van der Waals surface area contributed by atoms with Gasteiger partial charge >= 0.3 is 0 Å². The van der Waals surface area contributed by atoms with E-state index in [4.69, 9.17) is 0 Å². The van der Waals surface area contributed by atoms with Crippen molar-refractivity contribution in [2.75, 3.05) is 6.54 Å². The Morgan fingerprint density at radius 1 is 1.64 bits per heavy atom. The van der Waals surface area contributed by atoms with Crippen LogP contribution in [0.1, 0.15) is 13.8 Å². The van der Waals surface area contributed by atoms with Gasteiger partial charge in [0.05, 0.1) is 0 Å². The van der Waals surface area contributed by atoms with Crippen molar-refractivity contribution in [1.29, 1.82) is 0 Å². The fraction of sp³-hybridized carbons (Fsp3) is 0.429. The minimum atomic E-state index is -0.373. The average Bonchev–Trinajstić information content (AvgIpc) is 1.99. The first kappa shape index (κ1) is 9.68. The Morgan fingerprint density at radius 3 is 2.45 bits per heavy atom. The van der Waals surface area contributed by atoms with Gasteiger partial charge in [0.2, 0.25) is 5.91 Å². The highest BCUT2D eigenvalue weighted by Crippen LogP contribution is 1.82. The predicted octanol–water partition coefficient (Wildman–Crippen LogP) is 0.0720. The molecule has 11 heavy (non-hydrogen) atoms. The van der Waals surface area contributed by atoms with E-state index in [1.165, 1.54) is 11.9 Å². The lowest BCUT2D eigenvalue weighted by molar-refractivity contribution is -0.137. The molecule has 0 atom stereocenters. The van der Waals surface area contributed by atoms with Gasteiger partial charge in [-0.05, 0) is 13.0 Å². The van der Waals surface area contributed by atoms with E-state index in [0.29, 0.717) is 6.54 Å². The smallest absolute Gasteiger partial charge is 0.261 e. The SMILES string of the molecule is C=CC(=O)NN(CC)C(C)=O. The van der Waals surface area contributed by atoms with E-state index in [0.717, 1.165) is 6.08 Å². The van der Waals surface area contributed by atoms with Crippen LogP contribution in [0.4, 0.5) is 0 Å². The average molecular weight is 156 g/mol. The second-order valence-corrected chi connectivity index (χ2v) is 1.94. The molecule has 0 spiro atoms. The number of hydrogen-bond donors (Lipinski definition) is 1. The van der Waals surface area contributed by atoms with Crippen molar-refractivity contribution >= 4 is 11.8 Å². The van der Waals surface area contributed by atoms with E-state index < -0.39 is 0 Å². The van der Waals surface area contributed by atoms with E-state index in [9.17, 15) is 9.59 Å². The number of amides is 2. The number of rotatable bonds is 2. The van der Waals surface area contributed by atoms with Crippen LogP contribution >= 0.6 is 0 Å². The summed E-state index contributed by atoms with van der Waals surface area (Å²) in [6.07, 6.45) is 1.12. The van der Waals surface area contributed by atoms with Crippen LogP contribution in [0.5, 0.6) is 0 Å². The normalized spacial score (nSPS) is 8.55. The molecule has 4 heteroatoms. The van der Waals surface area contributed by atoms with Crippen molar-refractivity contribution in [2.24, 2.45) is 0 Å². The van der Waals surface area contributed by atoms with Crippen molar-refractivity contribution in [2.45, 2.75) is 13.8 Å². The van der Waals surface area contributed by atoms with E-state index in [1.807, 2.05) is 0 Å². The highest BCUT2D eigenvalue weighted by atomic mass is 16.2. The Morgan fingerprint density at radius 2 is 2.18 bits per heavy atom. The zero-order valence-corrected chi connectivity index (χ0v) is 6.76. The van der Waals surface area contributed by atoms with Crippen LogP contribution in [0.2, 0.25) is 0 Å². The molecule has 0 saturated heterocycles. The van der Waals surface area contributed by atoms with Gasteiger partial charge in [-0.3, -0.25) is 20.0 Å². The zero-order chi connectivity index (χ0) is 8.85. The molecule has 0 bridgehead atoms. The van der Waals surface area contributed by atoms with Crippen molar-refractivity contribution < 1.29 is 9.59 Å². The molecule has 4 nitrogen and oxygen atoms in total. The molecular weight excluding hydrogens is 144 g/mol. The molecule has 0 aliphatic heterocycles. The standard InChI is InChI=1S/C7H12N2O2/c1-4-7(11)8-9(5-2)6(3)10/h4H,1,5H2,2-3H3,(H,8,11). The molecular formula is C7H12N2O2. The van der Waals surface area contributed by atoms with Gasteiger partial charge < -0.3 is 0 Å². The van der Waals surface area contributed by atoms with Crippen LogP contribution in [0, 0.1) is 0 Å². The largest absolute Gasteiger partial charge is 0.273 e. The molecule has 0 aliphatic rings. The van der Waals surface area contributed by atoms with Gasteiger partial charge in [-0.25, -0.2) is 0 Å². The monoisotopic (exact) mass is 156 g/mol. The summed E-state index contributed by atoms with van der Waals surface area (Å²) in [5.74, 6) is -0.565. The van der Waals surface area contributed by atoms with Gasteiger partial charge in [0, 0.05) is 13.5 Å². The lowest BCUT2D eigenvalue weighted by Crippen LogP contribution is -2.44. The number of hydrogen-bond acceptors (Lipinski definition) is 2. The minimum Gasteiger partial charge on any atom is -0.273 e. The molecule has 0 rings (SSSR count). The van der Waals surface area contributed by atoms with Crippen LogP contribution in [0.3, 0.4) is 0 Å². The number of carbonyl (C=O) groups is 2. The predicted molar refractivity (Wildman–Crippen MR) is 41.4 cm³/mol. The summed E-state index contributed by atoms with van der Waals surface area (Å²) in [5.41, 5.74) is 2.34. The van der Waals surface area contributed by atoms with Crippen LogP contribution in [-0.4, -0.2) is 23.4 Å². The maximum absolute atomic E-state index is 10.7. The summed E-state index contributed by atoms with van der Waals surface area (Å²) in [5, 5.41) is 1.21. The summed E-state index contributed by atoms with van der Waals surface area (Å²) >= 11 is 0. The number of hydrazine groups is 1. The highest BCUT2D eigenvalue weighted by Gasteiger charge is 2.06. The summed E-state index contributed by atoms with van der Waals surface area (Å²) in [6, 6.07) is 0. The summed E-state index contributed by atoms with van der Waals surface area (Å²) < 4.78 is 0. The maximum atomic E-state index is 10.7. The molecule has 1 N–H and O–H groups in total. The number of nitrogens with zero attached hydrogens (tertiary/aromatic N) is 1. The molecule has 0 aromatic heterocycles. The van der Waals surface area contributed by atoms with Gasteiger partial charge in [-0.15, -0.1) is 0 Å². The Bertz CT molecular complexity index is 177. The van der Waals surface area contributed by atoms with E-state index in [2.05, 4.69) is 12.0 Å². The van der Waals surface area contributed by atoms with Gasteiger partial charge in [0.1, 0.15) is 0 Å². The summed E-state index contributed by atoms with van der Waals surface area (Å²) in [7, 11) is 0. The number of nitrogens with one attached hydrogen (secondary N) is 1. The number of carbonyl (C=O) groups excluding carboxylic acids is 2. The van der Waals surface area contributed by atoms with E-state index >= 15 is 0 Å². The van der Waals surface area contributed by atoms with Crippen LogP contribution in [0.25, 0.3) is 0 Å². The molecule has 0 aromatic carbocycles. The minimum absolute atomic E-state index is 0.192. The van der Waals surface area contributed by atoms with Gasteiger partial charge in [-0.2, -0.15) is 0 Å². The zero-order valence-electron chi connectivity index (χ0n) is 6.76. The molecule has 62 valence electrons. The first-order valence-electron chi connectivity index (χ1n) is 3.33. The van der Waals surface area contributed by atoms with Crippen LogP contribution in [0.15, 0.2) is 12.7 Å². The Kier molecular flexibility index (Phi) is 3.95. The fourth-order valence-electron chi connectivity index (χ4n) is 0.559. The van der Waals surface area contributed by atoms with Gasteiger partial charge in [0.15, 0.2) is 0 Å². The third-order valence-electron chi connectivity index (χ3n) is 1.13. The molecule has 0 aliphatic carbocycles. The third-order valence-corrected chi connectivity index (χ3v) is 1.13. The molecule has 2 amide bonds. The molecule has 0 saturated carbocycles. The first-order chi connectivity index (χ1) is 5.11. The molecule has 0 radical (unpaired) electrons. The summed E-state index contributed by atoms with van der Waals surface area (Å²) in [4.78, 5) is 21.4. The second-order valence-electron chi connectivity index (χ2n) is 1.94. The van der Waals surface area contributed by atoms with Gasteiger partial charge in [-0.1, -0.05) is 6.58 Å².